The van der Waals surface area contributed by atoms with Crippen LogP contribution in [0.2, 0.25) is 0 Å². The molecule has 0 saturated heterocycles. The van der Waals surface area contributed by atoms with E-state index in [-0.39, 0.29) is 4.90 Å². The number of nitrogens with one attached hydrogen (secondary N) is 2. The Labute approximate surface area is 155 Å². The molecular formula is C17H19N5O2S2. The van der Waals surface area contributed by atoms with Crippen molar-refractivity contribution in [3.8, 4) is 0 Å². The predicted molar refractivity (Wildman–Crippen MR) is 106 cm³/mol. The summed E-state index contributed by atoms with van der Waals surface area (Å²) in [6, 6.07) is 7.55. The predicted octanol–water partition coefficient (Wildman–Crippen LogP) is 2.81. The van der Waals surface area contributed by atoms with Gasteiger partial charge in [0.2, 0.25) is 0 Å². The fraction of sp³-hybridized carbons (Fsp3) is 0.294. The maximum absolute atomic E-state index is 13.0. The van der Waals surface area contributed by atoms with Crippen molar-refractivity contribution in [2.75, 3.05) is 17.0 Å². The molecule has 9 heteroatoms. The molecule has 4 rings (SSSR count). The number of H-pyrrole nitrogens is 1. The first-order valence-electron chi connectivity index (χ1n) is 8.19. The largest absolute Gasteiger partial charge is 0.351 e. The summed E-state index contributed by atoms with van der Waals surface area (Å²) in [7, 11) is -2.01. The fourth-order valence-electron chi connectivity index (χ4n) is 3.19. The Kier molecular flexibility index (Phi) is 4.07. The molecular weight excluding hydrogens is 370 g/mol. The molecule has 3 aromatic rings. The zero-order valence-corrected chi connectivity index (χ0v) is 16.3. The van der Waals surface area contributed by atoms with E-state index in [2.05, 4.69) is 19.8 Å². The van der Waals surface area contributed by atoms with Crippen LogP contribution in [0.15, 0.2) is 34.2 Å². The van der Waals surface area contributed by atoms with Crippen molar-refractivity contribution < 1.29 is 8.42 Å². The van der Waals surface area contributed by atoms with Gasteiger partial charge in [0.25, 0.3) is 10.0 Å². The van der Waals surface area contributed by atoms with Crippen LogP contribution in [0.25, 0.3) is 10.9 Å². The fourth-order valence-corrected chi connectivity index (χ4v) is 5.53. The number of anilines is 1. The zero-order valence-electron chi connectivity index (χ0n) is 14.7. The van der Waals surface area contributed by atoms with Gasteiger partial charge < -0.3 is 4.98 Å². The third-order valence-electron chi connectivity index (χ3n) is 4.43. The zero-order chi connectivity index (χ0) is 18.5. The van der Waals surface area contributed by atoms with Crippen LogP contribution in [-0.4, -0.2) is 40.5 Å². The van der Waals surface area contributed by atoms with E-state index >= 15 is 0 Å². The van der Waals surface area contributed by atoms with Crippen molar-refractivity contribution in [1.29, 1.82) is 0 Å². The van der Waals surface area contributed by atoms with Gasteiger partial charge in [-0.2, -0.15) is 5.10 Å². The molecule has 0 atom stereocenters. The highest BCUT2D eigenvalue weighted by molar-refractivity contribution is 8.14. The van der Waals surface area contributed by atoms with Gasteiger partial charge in [0.15, 0.2) is 0 Å². The van der Waals surface area contributed by atoms with E-state index in [1.807, 2.05) is 18.2 Å². The number of hydrogen-bond donors (Lipinski definition) is 2. The normalized spacial score (nSPS) is 14.8. The first kappa shape index (κ1) is 17.2. The molecule has 7 nitrogen and oxygen atoms in total. The number of rotatable bonds is 4. The summed E-state index contributed by atoms with van der Waals surface area (Å²) in [5.41, 5.74) is 3.27. The second kappa shape index (κ2) is 6.17. The van der Waals surface area contributed by atoms with E-state index in [0.29, 0.717) is 17.1 Å². The van der Waals surface area contributed by atoms with Gasteiger partial charge in [-0.3, -0.25) is 14.4 Å². The molecule has 0 bridgehead atoms. The van der Waals surface area contributed by atoms with Crippen LogP contribution in [0.5, 0.6) is 0 Å². The van der Waals surface area contributed by atoms with Crippen LogP contribution >= 0.6 is 11.8 Å². The second-order valence-electron chi connectivity index (χ2n) is 6.22. The second-order valence-corrected chi connectivity index (χ2v) is 8.92. The lowest BCUT2D eigenvalue weighted by atomic mass is 10.2. The molecule has 0 unspecified atom stereocenters. The summed E-state index contributed by atoms with van der Waals surface area (Å²) >= 11 is 1.70. The van der Waals surface area contributed by atoms with Gasteiger partial charge in [0.1, 0.15) is 9.94 Å². The average molecular weight is 390 g/mol. The minimum atomic E-state index is -3.74. The molecule has 0 spiro atoms. The van der Waals surface area contributed by atoms with Gasteiger partial charge in [-0.1, -0.05) is 12.1 Å². The van der Waals surface area contributed by atoms with Gasteiger partial charge in [-0.15, -0.1) is 11.8 Å². The van der Waals surface area contributed by atoms with Gasteiger partial charge in [0.05, 0.1) is 28.3 Å². The SMILES string of the molecule is Cc1nn(C)c(C)c1S(=O)(=O)Nc1cccc2cc(C3=NCCS3)[nH]c12. The van der Waals surface area contributed by atoms with Crippen molar-refractivity contribution in [2.45, 2.75) is 18.7 Å². The lowest BCUT2D eigenvalue weighted by Gasteiger charge is -2.09. The number of hydrogen-bond acceptors (Lipinski definition) is 5. The molecule has 1 aliphatic heterocycles. The number of nitrogens with zero attached hydrogens (tertiary/aromatic N) is 3. The topological polar surface area (TPSA) is 92.1 Å². The lowest BCUT2D eigenvalue weighted by Crippen LogP contribution is -2.15. The van der Waals surface area contributed by atoms with E-state index in [1.165, 1.54) is 0 Å². The highest BCUT2D eigenvalue weighted by Crippen LogP contribution is 2.29. The monoisotopic (exact) mass is 389 g/mol. The molecule has 2 N–H and O–H groups in total. The van der Waals surface area contributed by atoms with Crippen molar-refractivity contribution in [2.24, 2.45) is 12.0 Å². The van der Waals surface area contributed by atoms with E-state index in [1.54, 1.807) is 43.4 Å². The minimum absolute atomic E-state index is 0.222. The van der Waals surface area contributed by atoms with Crippen LogP contribution in [0.3, 0.4) is 0 Å². The van der Waals surface area contributed by atoms with Gasteiger partial charge in [-0.05, 0) is 26.0 Å². The van der Waals surface area contributed by atoms with Crippen LogP contribution in [0.1, 0.15) is 17.1 Å². The van der Waals surface area contributed by atoms with Crippen LogP contribution in [0.4, 0.5) is 5.69 Å². The number of aliphatic imine (C=N–C) groups is 1. The van der Waals surface area contributed by atoms with Crippen molar-refractivity contribution >= 4 is 43.4 Å². The smallest absolute Gasteiger partial charge is 0.265 e. The number of aromatic nitrogens is 3. The molecule has 0 radical (unpaired) electrons. The number of para-hydroxylation sites is 1. The Bertz CT molecular complexity index is 1140. The number of fused-ring (bicyclic) bond motifs is 1. The highest BCUT2D eigenvalue weighted by Gasteiger charge is 2.25. The summed E-state index contributed by atoms with van der Waals surface area (Å²) in [5.74, 6) is 0.976. The van der Waals surface area contributed by atoms with E-state index in [4.69, 9.17) is 0 Å². The van der Waals surface area contributed by atoms with E-state index in [9.17, 15) is 8.42 Å². The average Bonchev–Trinajstić information content (AvgIpc) is 3.27. The third-order valence-corrected chi connectivity index (χ3v) is 7.05. The molecule has 0 fully saturated rings. The lowest BCUT2D eigenvalue weighted by molar-refractivity contribution is 0.599. The minimum Gasteiger partial charge on any atom is -0.351 e. The van der Waals surface area contributed by atoms with Gasteiger partial charge >= 0.3 is 0 Å². The number of benzene rings is 1. The summed E-state index contributed by atoms with van der Waals surface area (Å²) in [6.07, 6.45) is 0. The Morgan fingerprint density at radius 1 is 1.31 bits per heavy atom. The summed E-state index contributed by atoms with van der Waals surface area (Å²) < 4.78 is 30.2. The van der Waals surface area contributed by atoms with Crippen molar-refractivity contribution in [3.05, 3.63) is 41.3 Å². The summed E-state index contributed by atoms with van der Waals surface area (Å²) in [5, 5.41) is 6.11. The molecule has 0 amide bonds. The first-order chi connectivity index (χ1) is 12.4. The Morgan fingerprint density at radius 2 is 2.12 bits per heavy atom. The molecule has 136 valence electrons. The molecule has 26 heavy (non-hydrogen) atoms. The molecule has 0 aliphatic carbocycles. The number of aromatic amines is 1. The number of sulfonamides is 1. The Morgan fingerprint density at radius 3 is 2.77 bits per heavy atom. The van der Waals surface area contributed by atoms with Gasteiger partial charge in [0, 0.05) is 24.7 Å². The number of aryl methyl sites for hydroxylation is 2. The third kappa shape index (κ3) is 2.80. The quantitative estimate of drug-likeness (QED) is 0.718. The van der Waals surface area contributed by atoms with E-state index < -0.39 is 10.0 Å². The standard InChI is InChI=1S/C17H19N5O2S2/c1-10-16(11(2)22(3)20-10)26(23,24)21-13-6-4-5-12-9-14(19-15(12)13)17-18-7-8-25-17/h4-6,9,19,21H,7-8H2,1-3H3. The van der Waals surface area contributed by atoms with Crippen LogP contribution in [0, 0.1) is 13.8 Å². The number of thioether (sulfide) groups is 1. The van der Waals surface area contributed by atoms with Crippen LogP contribution in [-0.2, 0) is 17.1 Å². The van der Waals surface area contributed by atoms with Crippen molar-refractivity contribution in [3.63, 3.8) is 0 Å². The maximum atomic E-state index is 13.0. The van der Waals surface area contributed by atoms with E-state index in [0.717, 1.165) is 33.9 Å². The van der Waals surface area contributed by atoms with Crippen LogP contribution < -0.4 is 4.72 Å². The molecule has 0 saturated carbocycles. The van der Waals surface area contributed by atoms with Crippen molar-refractivity contribution in [1.82, 2.24) is 14.8 Å². The summed E-state index contributed by atoms with van der Waals surface area (Å²) in [6.45, 7) is 4.26. The molecule has 1 aromatic carbocycles. The highest BCUT2D eigenvalue weighted by atomic mass is 32.2. The first-order valence-corrected chi connectivity index (χ1v) is 10.7. The van der Waals surface area contributed by atoms with Gasteiger partial charge in [-0.25, -0.2) is 8.42 Å². The Hall–Kier alpha value is -2.26. The molecule has 2 aromatic heterocycles. The Balaban J connectivity index is 1.77. The summed E-state index contributed by atoms with van der Waals surface area (Å²) in [4.78, 5) is 8.01. The maximum Gasteiger partial charge on any atom is 0.265 e. The molecule has 3 heterocycles. The molecule has 1 aliphatic rings.